The Labute approximate surface area is 111 Å². The van der Waals surface area contributed by atoms with Crippen LogP contribution < -0.4 is 16.0 Å². The topological polar surface area (TPSA) is 69.4 Å². The molecule has 0 aliphatic carbocycles. The van der Waals surface area contributed by atoms with Gasteiger partial charge in [-0.2, -0.15) is 11.8 Å². The molecule has 2 atom stereocenters. The van der Waals surface area contributed by atoms with Crippen LogP contribution in [-0.4, -0.2) is 35.8 Å². The molecule has 2 rings (SSSR count). The fourth-order valence-electron chi connectivity index (χ4n) is 1.97. The van der Waals surface area contributed by atoms with Gasteiger partial charge in [-0.1, -0.05) is 0 Å². The Balaban J connectivity index is 2.12. The van der Waals surface area contributed by atoms with Gasteiger partial charge in [0.1, 0.15) is 5.75 Å². The molecular weight excluding hydrogens is 250 g/mol. The largest absolute Gasteiger partial charge is 0.492 e. The third-order valence-electron chi connectivity index (χ3n) is 2.80. The van der Waals surface area contributed by atoms with E-state index in [4.69, 9.17) is 15.3 Å². The highest BCUT2D eigenvalue weighted by Gasteiger charge is 2.25. The first-order valence-corrected chi connectivity index (χ1v) is 7.24. The van der Waals surface area contributed by atoms with Crippen LogP contribution in [0, 0.1) is 0 Å². The van der Waals surface area contributed by atoms with Crippen LogP contribution in [0.15, 0.2) is 18.5 Å². The lowest BCUT2D eigenvalue weighted by molar-refractivity contribution is 0.0466. The van der Waals surface area contributed by atoms with E-state index in [1.54, 1.807) is 12.4 Å². The lowest BCUT2D eigenvalue weighted by atomic mass is 10.0. The van der Waals surface area contributed by atoms with Crippen LogP contribution in [0.5, 0.6) is 5.75 Å². The molecule has 1 aliphatic heterocycles. The second-order valence-electron chi connectivity index (χ2n) is 4.02. The Morgan fingerprint density at radius 2 is 2.56 bits per heavy atom. The van der Waals surface area contributed by atoms with Crippen LogP contribution in [0.25, 0.3) is 0 Å². The fraction of sp³-hybridized carbons (Fsp3) is 0.583. The molecular formula is C12H19N3O2S. The lowest BCUT2D eigenvalue weighted by Crippen LogP contribution is -2.41. The second kappa shape index (κ2) is 6.94. The van der Waals surface area contributed by atoms with Gasteiger partial charge in [0.25, 0.3) is 0 Å². The summed E-state index contributed by atoms with van der Waals surface area (Å²) in [6.45, 7) is 3.35. The average molecular weight is 269 g/mol. The molecule has 0 saturated carbocycles. The third kappa shape index (κ3) is 3.35. The SMILES string of the molecule is CCOc1cncc(C(NN)C2CSCCO2)c1. The molecule has 5 nitrogen and oxygen atoms in total. The van der Waals surface area contributed by atoms with Gasteiger partial charge in [0.15, 0.2) is 0 Å². The van der Waals surface area contributed by atoms with Gasteiger partial charge in [-0.15, -0.1) is 0 Å². The van der Waals surface area contributed by atoms with Crippen molar-refractivity contribution in [2.24, 2.45) is 5.84 Å². The van der Waals surface area contributed by atoms with Crippen molar-refractivity contribution in [3.05, 3.63) is 24.0 Å². The minimum absolute atomic E-state index is 0.0503. The van der Waals surface area contributed by atoms with Crippen LogP contribution in [0.2, 0.25) is 0 Å². The highest BCUT2D eigenvalue weighted by atomic mass is 32.2. The summed E-state index contributed by atoms with van der Waals surface area (Å²) >= 11 is 1.88. The van der Waals surface area contributed by atoms with Crippen molar-refractivity contribution in [2.75, 3.05) is 24.7 Å². The van der Waals surface area contributed by atoms with Crippen molar-refractivity contribution < 1.29 is 9.47 Å². The predicted molar refractivity (Wildman–Crippen MR) is 72.5 cm³/mol. The monoisotopic (exact) mass is 269 g/mol. The van der Waals surface area contributed by atoms with Gasteiger partial charge < -0.3 is 9.47 Å². The van der Waals surface area contributed by atoms with E-state index in [0.717, 1.165) is 29.4 Å². The van der Waals surface area contributed by atoms with E-state index in [1.165, 1.54) is 0 Å². The van der Waals surface area contributed by atoms with E-state index < -0.39 is 0 Å². The van der Waals surface area contributed by atoms with E-state index >= 15 is 0 Å². The Hall–Kier alpha value is -0.820. The highest BCUT2D eigenvalue weighted by molar-refractivity contribution is 7.99. The molecule has 0 radical (unpaired) electrons. The summed E-state index contributed by atoms with van der Waals surface area (Å²) in [7, 11) is 0. The lowest BCUT2D eigenvalue weighted by Gasteiger charge is -2.29. The maximum atomic E-state index is 5.75. The summed E-state index contributed by atoms with van der Waals surface area (Å²) in [5, 5.41) is 0. The molecule has 6 heteroatoms. The molecule has 3 N–H and O–H groups in total. The van der Waals surface area contributed by atoms with Gasteiger partial charge >= 0.3 is 0 Å². The molecule has 1 aromatic heterocycles. The number of hydrazine groups is 1. The number of thioether (sulfide) groups is 1. The molecule has 100 valence electrons. The van der Waals surface area contributed by atoms with E-state index in [9.17, 15) is 0 Å². The van der Waals surface area contributed by atoms with Crippen LogP contribution in [0.3, 0.4) is 0 Å². The molecule has 0 spiro atoms. The zero-order valence-electron chi connectivity index (χ0n) is 10.5. The summed E-state index contributed by atoms with van der Waals surface area (Å²) in [5.41, 5.74) is 3.82. The number of nitrogens with zero attached hydrogens (tertiary/aromatic N) is 1. The number of rotatable bonds is 5. The van der Waals surface area contributed by atoms with Crippen molar-refractivity contribution >= 4 is 11.8 Å². The third-order valence-corrected chi connectivity index (χ3v) is 3.82. The normalized spacial score (nSPS) is 21.6. The number of aromatic nitrogens is 1. The maximum Gasteiger partial charge on any atom is 0.137 e. The Kier molecular flexibility index (Phi) is 5.25. The Bertz CT molecular complexity index is 372. The zero-order chi connectivity index (χ0) is 12.8. The van der Waals surface area contributed by atoms with Crippen molar-refractivity contribution in [2.45, 2.75) is 19.1 Å². The molecule has 1 fully saturated rings. The minimum Gasteiger partial charge on any atom is -0.492 e. The maximum absolute atomic E-state index is 5.75. The summed E-state index contributed by atoms with van der Waals surface area (Å²) in [5.74, 6) is 8.40. The Morgan fingerprint density at radius 3 is 3.22 bits per heavy atom. The highest BCUT2D eigenvalue weighted by Crippen LogP contribution is 2.26. The van der Waals surface area contributed by atoms with Crippen molar-refractivity contribution in [3.63, 3.8) is 0 Å². The van der Waals surface area contributed by atoms with Gasteiger partial charge in [0, 0.05) is 17.7 Å². The molecule has 0 bridgehead atoms. The van der Waals surface area contributed by atoms with Gasteiger partial charge in [-0.3, -0.25) is 16.3 Å². The molecule has 0 amide bonds. The average Bonchev–Trinajstić information content (AvgIpc) is 2.42. The van der Waals surface area contributed by atoms with E-state index in [0.29, 0.717) is 6.61 Å². The van der Waals surface area contributed by atoms with E-state index in [-0.39, 0.29) is 12.1 Å². The van der Waals surface area contributed by atoms with Gasteiger partial charge in [0.05, 0.1) is 31.6 Å². The van der Waals surface area contributed by atoms with Crippen molar-refractivity contribution in [1.82, 2.24) is 10.4 Å². The van der Waals surface area contributed by atoms with Crippen molar-refractivity contribution in [3.8, 4) is 5.75 Å². The summed E-state index contributed by atoms with van der Waals surface area (Å²) < 4.78 is 11.2. The van der Waals surface area contributed by atoms with Crippen LogP contribution >= 0.6 is 11.8 Å². The van der Waals surface area contributed by atoms with Gasteiger partial charge in [0.2, 0.25) is 0 Å². The Morgan fingerprint density at radius 1 is 1.67 bits per heavy atom. The van der Waals surface area contributed by atoms with E-state index in [2.05, 4.69) is 10.4 Å². The minimum atomic E-state index is -0.0503. The second-order valence-corrected chi connectivity index (χ2v) is 5.17. The van der Waals surface area contributed by atoms with Crippen LogP contribution in [-0.2, 0) is 4.74 Å². The number of ether oxygens (including phenoxy) is 2. The summed E-state index contributed by atoms with van der Waals surface area (Å²) in [4.78, 5) is 4.18. The quantitative estimate of drug-likeness (QED) is 0.616. The molecule has 1 aliphatic rings. The number of hydrogen-bond donors (Lipinski definition) is 2. The van der Waals surface area contributed by atoms with E-state index in [1.807, 2.05) is 24.8 Å². The molecule has 2 unspecified atom stereocenters. The summed E-state index contributed by atoms with van der Waals surface area (Å²) in [6.07, 6.45) is 3.58. The first-order chi connectivity index (χ1) is 8.85. The standard InChI is InChI=1S/C12H19N3O2S/c1-2-16-10-5-9(6-14-7-10)12(15-13)11-8-18-4-3-17-11/h5-7,11-12,15H,2-4,8,13H2,1H3. The first kappa shape index (κ1) is 13.6. The molecule has 1 saturated heterocycles. The van der Waals surface area contributed by atoms with Crippen molar-refractivity contribution in [1.29, 1.82) is 0 Å². The molecule has 18 heavy (non-hydrogen) atoms. The zero-order valence-corrected chi connectivity index (χ0v) is 11.3. The fourth-order valence-corrected chi connectivity index (χ4v) is 2.87. The molecule has 1 aromatic rings. The number of hydrogen-bond acceptors (Lipinski definition) is 6. The number of pyridine rings is 1. The van der Waals surface area contributed by atoms with Crippen LogP contribution in [0.4, 0.5) is 0 Å². The van der Waals surface area contributed by atoms with Gasteiger partial charge in [-0.05, 0) is 18.6 Å². The molecule has 0 aromatic carbocycles. The van der Waals surface area contributed by atoms with Gasteiger partial charge in [-0.25, -0.2) is 0 Å². The smallest absolute Gasteiger partial charge is 0.137 e. The molecule has 2 heterocycles. The van der Waals surface area contributed by atoms with Crippen LogP contribution in [0.1, 0.15) is 18.5 Å². The predicted octanol–water partition coefficient (Wildman–Crippen LogP) is 1.12. The number of nitrogens with one attached hydrogen (secondary N) is 1. The summed E-state index contributed by atoms with van der Waals surface area (Å²) in [6, 6.07) is 1.91. The first-order valence-electron chi connectivity index (χ1n) is 6.08. The number of nitrogens with two attached hydrogens (primary N) is 1.